The minimum absolute atomic E-state index is 0.0598. The summed E-state index contributed by atoms with van der Waals surface area (Å²) in [6, 6.07) is 13.7. The summed E-state index contributed by atoms with van der Waals surface area (Å²) in [5.41, 5.74) is 0. The number of carbonyl (C=O) groups is 2. The maximum atomic E-state index is 12.2. The molecular formula is C18H22N2O3. The molecule has 2 rings (SSSR count). The summed E-state index contributed by atoms with van der Waals surface area (Å²) >= 11 is 0. The van der Waals surface area contributed by atoms with Crippen molar-refractivity contribution in [3.05, 3.63) is 42.5 Å². The van der Waals surface area contributed by atoms with Gasteiger partial charge in [0.25, 0.3) is 5.91 Å². The Balaban J connectivity index is 1.94. The van der Waals surface area contributed by atoms with E-state index in [9.17, 15) is 9.59 Å². The number of fused-ring (bicyclic) bond motifs is 1. The van der Waals surface area contributed by atoms with Gasteiger partial charge in [0, 0.05) is 13.1 Å². The van der Waals surface area contributed by atoms with Crippen LogP contribution in [0.1, 0.15) is 13.8 Å². The molecule has 5 heteroatoms. The Hall–Kier alpha value is -2.56. The van der Waals surface area contributed by atoms with Gasteiger partial charge < -0.3 is 15.0 Å². The standard InChI is InChI=1S/C18H22N2O3/c1-3-19-17(21)12-20(4-2)18(22)13-23-16-10-9-14-7-5-6-8-15(14)11-16/h5-11H,3-4,12-13H2,1-2H3,(H,19,21). The van der Waals surface area contributed by atoms with Crippen LogP contribution in [0.3, 0.4) is 0 Å². The molecule has 0 radical (unpaired) electrons. The second-order valence-corrected chi connectivity index (χ2v) is 5.16. The van der Waals surface area contributed by atoms with Gasteiger partial charge in [0.2, 0.25) is 5.91 Å². The van der Waals surface area contributed by atoms with Gasteiger partial charge >= 0.3 is 0 Å². The van der Waals surface area contributed by atoms with E-state index in [1.807, 2.05) is 56.3 Å². The predicted molar refractivity (Wildman–Crippen MR) is 90.4 cm³/mol. The van der Waals surface area contributed by atoms with Gasteiger partial charge in [-0.3, -0.25) is 9.59 Å². The van der Waals surface area contributed by atoms with E-state index in [0.717, 1.165) is 10.8 Å². The molecule has 0 aliphatic carbocycles. The molecule has 5 nitrogen and oxygen atoms in total. The lowest BCUT2D eigenvalue weighted by Gasteiger charge is -2.20. The number of nitrogens with zero attached hydrogens (tertiary/aromatic N) is 1. The molecule has 0 spiro atoms. The molecule has 0 atom stereocenters. The number of carbonyl (C=O) groups excluding carboxylic acids is 2. The molecule has 23 heavy (non-hydrogen) atoms. The predicted octanol–water partition coefficient (Wildman–Crippen LogP) is 2.20. The summed E-state index contributed by atoms with van der Waals surface area (Å²) in [6.45, 7) is 4.69. The van der Waals surface area contributed by atoms with Crippen LogP contribution in [0.4, 0.5) is 0 Å². The fourth-order valence-corrected chi connectivity index (χ4v) is 2.30. The normalized spacial score (nSPS) is 10.3. The van der Waals surface area contributed by atoms with Crippen molar-refractivity contribution in [2.45, 2.75) is 13.8 Å². The maximum absolute atomic E-state index is 12.2. The fraction of sp³-hybridized carbons (Fsp3) is 0.333. The highest BCUT2D eigenvalue weighted by atomic mass is 16.5. The van der Waals surface area contributed by atoms with Crippen LogP contribution in [0, 0.1) is 0 Å². The first-order valence-electron chi connectivity index (χ1n) is 7.80. The molecule has 0 heterocycles. The Morgan fingerprint density at radius 3 is 2.52 bits per heavy atom. The first-order chi connectivity index (χ1) is 11.1. The minimum atomic E-state index is -0.202. The van der Waals surface area contributed by atoms with E-state index >= 15 is 0 Å². The number of rotatable bonds is 7. The summed E-state index contributed by atoms with van der Waals surface area (Å²) in [5, 5.41) is 4.87. The Morgan fingerprint density at radius 2 is 1.83 bits per heavy atom. The first kappa shape index (κ1) is 16.8. The van der Waals surface area contributed by atoms with Crippen molar-refractivity contribution in [1.29, 1.82) is 0 Å². The maximum Gasteiger partial charge on any atom is 0.260 e. The Morgan fingerprint density at radius 1 is 1.09 bits per heavy atom. The number of amides is 2. The van der Waals surface area contributed by atoms with E-state index in [1.54, 1.807) is 0 Å². The third kappa shape index (κ3) is 4.71. The molecule has 0 aliphatic heterocycles. The zero-order valence-corrected chi connectivity index (χ0v) is 13.5. The highest BCUT2D eigenvalue weighted by Gasteiger charge is 2.15. The van der Waals surface area contributed by atoms with Crippen LogP contribution in [0.5, 0.6) is 5.75 Å². The quantitative estimate of drug-likeness (QED) is 0.852. The molecule has 2 aromatic rings. The lowest BCUT2D eigenvalue weighted by Crippen LogP contribution is -2.42. The van der Waals surface area contributed by atoms with E-state index < -0.39 is 0 Å². The van der Waals surface area contributed by atoms with Crippen LogP contribution in [0.2, 0.25) is 0 Å². The summed E-state index contributed by atoms with van der Waals surface area (Å²) < 4.78 is 5.58. The van der Waals surface area contributed by atoms with Gasteiger partial charge in [-0.2, -0.15) is 0 Å². The molecule has 1 N–H and O–H groups in total. The molecule has 0 unspecified atom stereocenters. The SMILES string of the molecule is CCNC(=O)CN(CC)C(=O)COc1ccc2ccccc2c1. The van der Waals surface area contributed by atoms with Crippen LogP contribution < -0.4 is 10.1 Å². The monoisotopic (exact) mass is 314 g/mol. The molecule has 0 saturated heterocycles. The molecule has 122 valence electrons. The smallest absolute Gasteiger partial charge is 0.260 e. The number of nitrogens with one attached hydrogen (secondary N) is 1. The zero-order valence-electron chi connectivity index (χ0n) is 13.5. The van der Waals surface area contributed by atoms with Crippen LogP contribution in [0.15, 0.2) is 42.5 Å². The summed E-state index contributed by atoms with van der Waals surface area (Å²) in [5.74, 6) is 0.284. The van der Waals surface area contributed by atoms with Crippen molar-refractivity contribution in [3.63, 3.8) is 0 Å². The molecule has 0 bridgehead atoms. The summed E-state index contributed by atoms with van der Waals surface area (Å²) in [4.78, 5) is 25.2. The Labute approximate surface area is 136 Å². The average molecular weight is 314 g/mol. The molecule has 0 saturated carbocycles. The van der Waals surface area contributed by atoms with Gasteiger partial charge in [0.1, 0.15) is 5.75 Å². The third-order valence-electron chi connectivity index (χ3n) is 3.53. The molecular weight excluding hydrogens is 292 g/mol. The molecule has 2 aromatic carbocycles. The Bertz CT molecular complexity index is 685. The molecule has 0 aromatic heterocycles. The lowest BCUT2D eigenvalue weighted by molar-refractivity contribution is -0.137. The van der Waals surface area contributed by atoms with Crippen LogP contribution in [-0.2, 0) is 9.59 Å². The van der Waals surface area contributed by atoms with Gasteiger partial charge in [-0.15, -0.1) is 0 Å². The van der Waals surface area contributed by atoms with Crippen molar-refractivity contribution < 1.29 is 14.3 Å². The van der Waals surface area contributed by atoms with E-state index in [2.05, 4.69) is 5.32 Å². The van der Waals surface area contributed by atoms with E-state index in [1.165, 1.54) is 4.90 Å². The highest BCUT2D eigenvalue weighted by Crippen LogP contribution is 2.20. The van der Waals surface area contributed by atoms with Gasteiger partial charge in [-0.05, 0) is 36.8 Å². The topological polar surface area (TPSA) is 58.6 Å². The van der Waals surface area contributed by atoms with Gasteiger partial charge in [-0.25, -0.2) is 0 Å². The van der Waals surface area contributed by atoms with Crippen molar-refractivity contribution in [1.82, 2.24) is 10.2 Å². The van der Waals surface area contributed by atoms with Crippen molar-refractivity contribution in [2.24, 2.45) is 0 Å². The van der Waals surface area contributed by atoms with Crippen molar-refractivity contribution >= 4 is 22.6 Å². The minimum Gasteiger partial charge on any atom is -0.484 e. The summed E-state index contributed by atoms with van der Waals surface area (Å²) in [6.07, 6.45) is 0. The largest absolute Gasteiger partial charge is 0.484 e. The third-order valence-corrected chi connectivity index (χ3v) is 3.53. The molecule has 0 aliphatic rings. The first-order valence-corrected chi connectivity index (χ1v) is 7.80. The van der Waals surface area contributed by atoms with Crippen molar-refractivity contribution in [3.8, 4) is 5.75 Å². The second kappa shape index (κ2) is 8.17. The fourth-order valence-electron chi connectivity index (χ4n) is 2.30. The number of hydrogen-bond acceptors (Lipinski definition) is 3. The molecule has 0 fully saturated rings. The summed E-state index contributed by atoms with van der Waals surface area (Å²) in [7, 11) is 0. The van der Waals surface area contributed by atoms with Gasteiger partial charge in [0.05, 0.1) is 6.54 Å². The van der Waals surface area contributed by atoms with E-state index in [-0.39, 0.29) is 25.0 Å². The number of benzene rings is 2. The van der Waals surface area contributed by atoms with Gasteiger partial charge in [-0.1, -0.05) is 30.3 Å². The Kier molecular flexibility index (Phi) is 5.97. The van der Waals surface area contributed by atoms with Gasteiger partial charge in [0.15, 0.2) is 6.61 Å². The molecule has 2 amide bonds. The van der Waals surface area contributed by atoms with Crippen LogP contribution >= 0.6 is 0 Å². The number of ether oxygens (including phenoxy) is 1. The average Bonchev–Trinajstić information content (AvgIpc) is 2.57. The van der Waals surface area contributed by atoms with Crippen LogP contribution in [0.25, 0.3) is 10.8 Å². The number of likely N-dealkylation sites (N-methyl/N-ethyl adjacent to an activating group) is 2. The highest BCUT2D eigenvalue weighted by molar-refractivity contribution is 5.86. The lowest BCUT2D eigenvalue weighted by atomic mass is 10.1. The van der Waals surface area contributed by atoms with Crippen molar-refractivity contribution in [2.75, 3.05) is 26.2 Å². The van der Waals surface area contributed by atoms with E-state index in [4.69, 9.17) is 4.74 Å². The van der Waals surface area contributed by atoms with E-state index in [0.29, 0.717) is 18.8 Å². The number of hydrogen-bond donors (Lipinski definition) is 1. The second-order valence-electron chi connectivity index (χ2n) is 5.16. The van der Waals surface area contributed by atoms with Crippen LogP contribution in [-0.4, -0.2) is 43.0 Å². The zero-order chi connectivity index (χ0) is 16.7.